The number of carbonyl (C=O) groups is 2. The fourth-order valence-electron chi connectivity index (χ4n) is 1.37. The zero-order valence-electron chi connectivity index (χ0n) is 10.2. The van der Waals surface area contributed by atoms with Gasteiger partial charge in [-0.05, 0) is 59.2 Å². The highest BCUT2D eigenvalue weighted by molar-refractivity contribution is 14.1. The van der Waals surface area contributed by atoms with Crippen LogP contribution in [-0.4, -0.2) is 35.0 Å². The molecule has 1 unspecified atom stereocenters. The Morgan fingerprint density at radius 2 is 2.21 bits per heavy atom. The third kappa shape index (κ3) is 5.19. The van der Waals surface area contributed by atoms with Crippen LogP contribution in [0.3, 0.4) is 0 Å². The summed E-state index contributed by atoms with van der Waals surface area (Å²) in [5.74, 6) is -0.782. The van der Waals surface area contributed by atoms with Gasteiger partial charge in [-0.3, -0.25) is 4.79 Å². The topological polar surface area (TPSA) is 66.4 Å². The molecule has 1 amide bonds. The van der Waals surface area contributed by atoms with Gasteiger partial charge in [0, 0.05) is 9.13 Å². The summed E-state index contributed by atoms with van der Waals surface area (Å²) in [4.78, 5) is 23.0. The second-order valence-electron chi connectivity index (χ2n) is 3.77. The maximum absolute atomic E-state index is 11.9. The lowest BCUT2D eigenvalue weighted by molar-refractivity contribution is -0.139. The number of rotatable bonds is 6. The number of thioether (sulfide) groups is 1. The number of halogens is 2. The van der Waals surface area contributed by atoms with E-state index >= 15 is 0 Å². The van der Waals surface area contributed by atoms with Crippen molar-refractivity contribution in [2.45, 2.75) is 12.5 Å². The van der Waals surface area contributed by atoms with Gasteiger partial charge in [0.2, 0.25) is 0 Å². The Morgan fingerprint density at radius 3 is 2.74 bits per heavy atom. The number of benzene rings is 1. The first-order valence-corrected chi connectivity index (χ1v) is 8.28. The maximum atomic E-state index is 11.9. The molecule has 0 aromatic heterocycles. The summed E-state index contributed by atoms with van der Waals surface area (Å²) in [6.07, 6.45) is 2.28. The van der Waals surface area contributed by atoms with E-state index in [4.69, 9.17) is 16.7 Å². The highest BCUT2D eigenvalue weighted by atomic mass is 127. The molecule has 0 aliphatic rings. The summed E-state index contributed by atoms with van der Waals surface area (Å²) in [6.45, 7) is 0. The minimum Gasteiger partial charge on any atom is -0.480 e. The van der Waals surface area contributed by atoms with E-state index in [1.54, 1.807) is 12.1 Å². The van der Waals surface area contributed by atoms with Crippen molar-refractivity contribution < 1.29 is 14.7 Å². The number of aliphatic carboxylic acids is 1. The maximum Gasteiger partial charge on any atom is 0.326 e. The molecule has 1 rings (SSSR count). The minimum atomic E-state index is -1.03. The SMILES string of the molecule is CSCCC(NC(=O)c1ccc(I)c(Cl)c1)C(=O)O. The van der Waals surface area contributed by atoms with Gasteiger partial charge in [-0.1, -0.05) is 11.6 Å². The number of hydrogen-bond donors (Lipinski definition) is 2. The molecule has 4 nitrogen and oxygen atoms in total. The molecule has 0 spiro atoms. The molecular weight excluding hydrogens is 401 g/mol. The van der Waals surface area contributed by atoms with Crippen molar-refractivity contribution in [2.24, 2.45) is 0 Å². The van der Waals surface area contributed by atoms with Crippen LogP contribution in [0.25, 0.3) is 0 Å². The number of nitrogens with one attached hydrogen (secondary N) is 1. The fourth-order valence-corrected chi connectivity index (χ4v) is 2.36. The van der Waals surface area contributed by atoms with E-state index in [-0.39, 0.29) is 0 Å². The smallest absolute Gasteiger partial charge is 0.326 e. The molecule has 0 heterocycles. The van der Waals surface area contributed by atoms with E-state index in [1.807, 2.05) is 6.26 Å². The first kappa shape index (κ1) is 16.6. The summed E-state index contributed by atoms with van der Waals surface area (Å²) in [5.41, 5.74) is 0.362. The predicted octanol–water partition coefficient (Wildman–Crippen LogP) is 2.88. The molecule has 0 fully saturated rings. The van der Waals surface area contributed by atoms with Gasteiger partial charge in [0.25, 0.3) is 5.91 Å². The average molecular weight is 414 g/mol. The zero-order valence-corrected chi connectivity index (χ0v) is 13.9. The molecule has 2 N–H and O–H groups in total. The lowest BCUT2D eigenvalue weighted by Gasteiger charge is -2.14. The standard InChI is InChI=1S/C12H13ClINO3S/c1-19-5-4-10(12(17)18)15-11(16)7-2-3-9(14)8(13)6-7/h2-3,6,10H,4-5H2,1H3,(H,15,16)(H,17,18). The van der Waals surface area contributed by atoms with Crippen molar-refractivity contribution in [1.82, 2.24) is 5.32 Å². The predicted molar refractivity (Wildman–Crippen MR) is 86.1 cm³/mol. The van der Waals surface area contributed by atoms with Gasteiger partial charge in [0.15, 0.2) is 0 Å². The molecule has 104 valence electrons. The van der Waals surface area contributed by atoms with Crippen LogP contribution in [0.15, 0.2) is 18.2 Å². The lowest BCUT2D eigenvalue weighted by atomic mass is 10.1. The molecule has 1 atom stereocenters. The fraction of sp³-hybridized carbons (Fsp3) is 0.333. The zero-order chi connectivity index (χ0) is 14.4. The molecule has 1 aromatic rings. The van der Waals surface area contributed by atoms with E-state index in [2.05, 4.69) is 27.9 Å². The van der Waals surface area contributed by atoms with Crippen LogP contribution in [0, 0.1) is 3.57 Å². The number of carboxylic acid groups (broad SMARTS) is 1. The second kappa shape index (κ2) is 7.96. The normalized spacial score (nSPS) is 11.9. The molecule has 0 saturated carbocycles. The van der Waals surface area contributed by atoms with E-state index in [9.17, 15) is 9.59 Å². The van der Waals surface area contributed by atoms with Crippen molar-refractivity contribution in [1.29, 1.82) is 0 Å². The van der Waals surface area contributed by atoms with Crippen LogP contribution in [0.1, 0.15) is 16.8 Å². The molecule has 1 aromatic carbocycles. The Kier molecular flexibility index (Phi) is 6.95. The van der Waals surface area contributed by atoms with E-state index in [1.165, 1.54) is 17.8 Å². The Labute approximate surface area is 134 Å². The van der Waals surface area contributed by atoms with Gasteiger partial charge < -0.3 is 10.4 Å². The number of carbonyl (C=O) groups excluding carboxylic acids is 1. The van der Waals surface area contributed by atoms with Gasteiger partial charge in [-0.25, -0.2) is 4.79 Å². The molecular formula is C12H13ClINO3S. The molecule has 7 heteroatoms. The van der Waals surface area contributed by atoms with Crippen LogP contribution in [0.2, 0.25) is 5.02 Å². The van der Waals surface area contributed by atoms with Crippen molar-refractivity contribution in [3.8, 4) is 0 Å². The van der Waals surface area contributed by atoms with E-state index in [0.29, 0.717) is 22.8 Å². The van der Waals surface area contributed by atoms with Crippen LogP contribution < -0.4 is 5.32 Å². The number of hydrogen-bond acceptors (Lipinski definition) is 3. The summed E-state index contributed by atoms with van der Waals surface area (Å²) < 4.78 is 0.841. The largest absolute Gasteiger partial charge is 0.480 e. The summed E-state index contributed by atoms with van der Waals surface area (Å²) in [5, 5.41) is 12.0. The number of amides is 1. The van der Waals surface area contributed by atoms with Gasteiger partial charge in [0.1, 0.15) is 6.04 Å². The quantitative estimate of drug-likeness (QED) is 0.704. The van der Waals surface area contributed by atoms with Crippen molar-refractivity contribution >= 4 is 57.8 Å². The van der Waals surface area contributed by atoms with Crippen molar-refractivity contribution in [2.75, 3.05) is 12.0 Å². The Balaban J connectivity index is 2.75. The van der Waals surface area contributed by atoms with Gasteiger partial charge >= 0.3 is 5.97 Å². The van der Waals surface area contributed by atoms with Crippen molar-refractivity contribution in [3.63, 3.8) is 0 Å². The van der Waals surface area contributed by atoms with E-state index in [0.717, 1.165) is 3.57 Å². The lowest BCUT2D eigenvalue weighted by Crippen LogP contribution is -2.41. The van der Waals surface area contributed by atoms with Crippen LogP contribution in [0.4, 0.5) is 0 Å². The summed E-state index contributed by atoms with van der Waals surface area (Å²) in [7, 11) is 0. The average Bonchev–Trinajstić information content (AvgIpc) is 2.37. The molecule has 0 aliphatic carbocycles. The third-order valence-electron chi connectivity index (χ3n) is 2.40. The van der Waals surface area contributed by atoms with Crippen molar-refractivity contribution in [3.05, 3.63) is 32.4 Å². The third-order valence-corrected chi connectivity index (χ3v) is 4.61. The molecule has 0 radical (unpaired) electrons. The highest BCUT2D eigenvalue weighted by Gasteiger charge is 2.20. The first-order chi connectivity index (χ1) is 8.95. The van der Waals surface area contributed by atoms with Crippen LogP contribution >= 0.6 is 46.0 Å². The van der Waals surface area contributed by atoms with Gasteiger partial charge in [-0.2, -0.15) is 11.8 Å². The Hall–Kier alpha value is -0.470. The number of carboxylic acids is 1. The van der Waals surface area contributed by atoms with E-state index < -0.39 is 17.9 Å². The minimum absolute atomic E-state index is 0.362. The first-order valence-electron chi connectivity index (χ1n) is 5.43. The van der Waals surface area contributed by atoms with Crippen LogP contribution in [0.5, 0.6) is 0 Å². The van der Waals surface area contributed by atoms with Gasteiger partial charge in [0.05, 0.1) is 5.02 Å². The molecule has 0 bridgehead atoms. The molecule has 0 saturated heterocycles. The Bertz CT molecular complexity index is 484. The van der Waals surface area contributed by atoms with Crippen LogP contribution in [-0.2, 0) is 4.79 Å². The monoisotopic (exact) mass is 413 g/mol. The second-order valence-corrected chi connectivity index (χ2v) is 6.33. The molecule has 19 heavy (non-hydrogen) atoms. The van der Waals surface area contributed by atoms with Gasteiger partial charge in [-0.15, -0.1) is 0 Å². The molecule has 0 aliphatic heterocycles. The summed E-state index contributed by atoms with van der Waals surface area (Å²) >= 11 is 9.53. The Morgan fingerprint density at radius 1 is 1.53 bits per heavy atom. The highest BCUT2D eigenvalue weighted by Crippen LogP contribution is 2.19. The summed E-state index contributed by atoms with van der Waals surface area (Å²) in [6, 6.07) is 4.00.